The van der Waals surface area contributed by atoms with E-state index in [9.17, 15) is 4.79 Å². The second kappa shape index (κ2) is 6.10. The second-order valence-corrected chi connectivity index (χ2v) is 7.17. The maximum Gasteiger partial charge on any atom is 0.275 e. The van der Waals surface area contributed by atoms with Crippen molar-refractivity contribution in [2.24, 2.45) is 0 Å². The molecule has 5 nitrogen and oxygen atoms in total. The van der Waals surface area contributed by atoms with Gasteiger partial charge < -0.3 is 5.32 Å². The van der Waals surface area contributed by atoms with Crippen molar-refractivity contribution in [1.82, 2.24) is 15.0 Å². The number of hydrogen-bond acceptors (Lipinski definition) is 6. The standard InChI is InChI=1S/C17H12N4OS2/c1-10-19-14(9-23-10)15(22)20-12-6-4-11(5-7-12)16-21-13-3-2-8-18-17(13)24-16/h2-9H,1H3,(H,20,22). The van der Waals surface area contributed by atoms with Crippen molar-refractivity contribution >= 4 is 44.6 Å². The van der Waals surface area contributed by atoms with E-state index in [1.54, 1.807) is 22.9 Å². The fraction of sp³-hybridized carbons (Fsp3) is 0.0588. The van der Waals surface area contributed by atoms with Gasteiger partial charge in [-0.1, -0.05) is 11.3 Å². The van der Waals surface area contributed by atoms with Crippen LogP contribution in [-0.4, -0.2) is 20.9 Å². The monoisotopic (exact) mass is 352 g/mol. The summed E-state index contributed by atoms with van der Waals surface area (Å²) in [7, 11) is 0. The maximum absolute atomic E-state index is 12.1. The van der Waals surface area contributed by atoms with Crippen molar-refractivity contribution in [2.75, 3.05) is 5.32 Å². The first kappa shape index (κ1) is 14.9. The van der Waals surface area contributed by atoms with E-state index >= 15 is 0 Å². The molecule has 0 aliphatic rings. The second-order valence-electron chi connectivity index (χ2n) is 5.13. The van der Waals surface area contributed by atoms with Gasteiger partial charge in [0, 0.05) is 22.8 Å². The summed E-state index contributed by atoms with van der Waals surface area (Å²) in [5, 5.41) is 6.40. The molecule has 3 aromatic heterocycles. The van der Waals surface area contributed by atoms with Crippen LogP contribution in [0.3, 0.4) is 0 Å². The molecule has 0 saturated heterocycles. The number of carbonyl (C=O) groups is 1. The first-order valence-electron chi connectivity index (χ1n) is 7.24. The average Bonchev–Trinajstić information content (AvgIpc) is 3.21. The van der Waals surface area contributed by atoms with Crippen LogP contribution in [0.4, 0.5) is 5.69 Å². The lowest BCUT2D eigenvalue weighted by Crippen LogP contribution is -2.12. The zero-order valence-electron chi connectivity index (χ0n) is 12.7. The topological polar surface area (TPSA) is 67.8 Å². The minimum Gasteiger partial charge on any atom is -0.321 e. The summed E-state index contributed by atoms with van der Waals surface area (Å²) < 4.78 is 0. The number of rotatable bonds is 3. The van der Waals surface area contributed by atoms with E-state index in [0.717, 1.165) is 31.6 Å². The van der Waals surface area contributed by atoms with Crippen LogP contribution in [0, 0.1) is 6.92 Å². The molecule has 4 rings (SSSR count). The number of thiazole rings is 2. The summed E-state index contributed by atoms with van der Waals surface area (Å²) in [6.07, 6.45) is 1.77. The van der Waals surface area contributed by atoms with Crippen molar-refractivity contribution in [3.8, 4) is 10.6 Å². The Hall–Kier alpha value is -2.64. The zero-order valence-corrected chi connectivity index (χ0v) is 14.3. The largest absolute Gasteiger partial charge is 0.321 e. The molecule has 0 unspecified atom stereocenters. The van der Waals surface area contributed by atoms with Crippen molar-refractivity contribution in [3.05, 3.63) is 58.7 Å². The van der Waals surface area contributed by atoms with Gasteiger partial charge in [-0.05, 0) is 43.3 Å². The van der Waals surface area contributed by atoms with Gasteiger partial charge in [0.15, 0.2) is 0 Å². The van der Waals surface area contributed by atoms with E-state index in [2.05, 4.69) is 20.3 Å². The number of nitrogens with zero attached hydrogens (tertiary/aromatic N) is 3. The first-order chi connectivity index (χ1) is 11.7. The predicted molar refractivity (Wildman–Crippen MR) is 97.7 cm³/mol. The summed E-state index contributed by atoms with van der Waals surface area (Å²) in [6.45, 7) is 1.88. The van der Waals surface area contributed by atoms with E-state index in [1.807, 2.05) is 43.3 Å². The number of nitrogens with one attached hydrogen (secondary N) is 1. The molecule has 4 aromatic rings. The summed E-state index contributed by atoms with van der Waals surface area (Å²) in [5.41, 5.74) is 3.07. The van der Waals surface area contributed by atoms with Crippen LogP contribution in [0.15, 0.2) is 48.0 Å². The first-order valence-corrected chi connectivity index (χ1v) is 8.94. The van der Waals surface area contributed by atoms with E-state index < -0.39 is 0 Å². The van der Waals surface area contributed by atoms with Crippen molar-refractivity contribution < 1.29 is 4.79 Å². The molecule has 0 atom stereocenters. The maximum atomic E-state index is 12.1. The SMILES string of the molecule is Cc1nc(C(=O)Nc2ccc(-c3nc4cccnc4s3)cc2)cs1. The number of aryl methyl sites for hydroxylation is 1. The number of pyridine rings is 1. The lowest BCUT2D eigenvalue weighted by molar-refractivity contribution is 0.102. The highest BCUT2D eigenvalue weighted by atomic mass is 32.1. The van der Waals surface area contributed by atoms with Gasteiger partial charge in [0.05, 0.1) is 5.01 Å². The molecule has 0 fully saturated rings. The van der Waals surface area contributed by atoms with Gasteiger partial charge >= 0.3 is 0 Å². The van der Waals surface area contributed by atoms with Gasteiger partial charge in [0.25, 0.3) is 5.91 Å². The Kier molecular flexibility index (Phi) is 3.79. The molecule has 1 aromatic carbocycles. The van der Waals surface area contributed by atoms with Crippen LogP contribution in [0.5, 0.6) is 0 Å². The van der Waals surface area contributed by atoms with Crippen LogP contribution in [-0.2, 0) is 0 Å². The highest BCUT2D eigenvalue weighted by Gasteiger charge is 2.10. The summed E-state index contributed by atoms with van der Waals surface area (Å²) in [6, 6.07) is 11.5. The van der Waals surface area contributed by atoms with E-state index in [1.165, 1.54) is 11.3 Å². The molecule has 0 spiro atoms. The number of carbonyl (C=O) groups excluding carboxylic acids is 1. The summed E-state index contributed by atoms with van der Waals surface area (Å²) in [4.78, 5) is 26.1. The Labute approximate surface area is 146 Å². The Bertz CT molecular complexity index is 987. The minimum atomic E-state index is -0.198. The molecule has 0 saturated carbocycles. The van der Waals surface area contributed by atoms with Gasteiger partial charge in [-0.15, -0.1) is 11.3 Å². The third kappa shape index (κ3) is 2.91. The summed E-state index contributed by atoms with van der Waals surface area (Å²) >= 11 is 3.01. The zero-order chi connectivity index (χ0) is 16.5. The molecule has 3 heterocycles. The average molecular weight is 352 g/mol. The van der Waals surface area contributed by atoms with Crippen LogP contribution in [0.1, 0.15) is 15.5 Å². The third-order valence-electron chi connectivity index (χ3n) is 3.41. The number of fused-ring (bicyclic) bond motifs is 1. The molecule has 0 aliphatic carbocycles. The fourth-order valence-electron chi connectivity index (χ4n) is 2.25. The Morgan fingerprint density at radius 2 is 1.96 bits per heavy atom. The molecule has 24 heavy (non-hydrogen) atoms. The van der Waals surface area contributed by atoms with Gasteiger partial charge in [0.1, 0.15) is 21.0 Å². The lowest BCUT2D eigenvalue weighted by atomic mass is 10.2. The Morgan fingerprint density at radius 1 is 1.12 bits per heavy atom. The molecular weight excluding hydrogens is 340 g/mol. The molecule has 1 amide bonds. The number of aromatic nitrogens is 3. The Morgan fingerprint density at radius 3 is 2.67 bits per heavy atom. The van der Waals surface area contributed by atoms with Gasteiger partial charge in [-0.3, -0.25) is 4.79 Å². The van der Waals surface area contributed by atoms with E-state index in [-0.39, 0.29) is 5.91 Å². The van der Waals surface area contributed by atoms with Gasteiger partial charge in [-0.2, -0.15) is 0 Å². The van der Waals surface area contributed by atoms with Crippen molar-refractivity contribution in [3.63, 3.8) is 0 Å². The lowest BCUT2D eigenvalue weighted by Gasteiger charge is -2.04. The van der Waals surface area contributed by atoms with E-state index in [4.69, 9.17) is 0 Å². The van der Waals surface area contributed by atoms with Crippen LogP contribution >= 0.6 is 22.7 Å². The molecule has 0 aliphatic heterocycles. The minimum absolute atomic E-state index is 0.198. The predicted octanol–water partition coefficient (Wildman–Crippen LogP) is 4.38. The van der Waals surface area contributed by atoms with E-state index in [0.29, 0.717) is 5.69 Å². The van der Waals surface area contributed by atoms with Gasteiger partial charge in [0.2, 0.25) is 0 Å². The molecule has 1 N–H and O–H groups in total. The van der Waals surface area contributed by atoms with Crippen molar-refractivity contribution in [2.45, 2.75) is 6.92 Å². The third-order valence-corrected chi connectivity index (χ3v) is 5.21. The summed E-state index contributed by atoms with van der Waals surface area (Å²) in [5.74, 6) is -0.198. The van der Waals surface area contributed by atoms with Crippen molar-refractivity contribution in [1.29, 1.82) is 0 Å². The highest BCUT2D eigenvalue weighted by molar-refractivity contribution is 7.21. The van der Waals surface area contributed by atoms with Crippen LogP contribution in [0.2, 0.25) is 0 Å². The van der Waals surface area contributed by atoms with Gasteiger partial charge in [-0.25, -0.2) is 15.0 Å². The molecular formula is C17H12N4OS2. The number of benzene rings is 1. The number of amides is 1. The smallest absolute Gasteiger partial charge is 0.275 e. The van der Waals surface area contributed by atoms with Crippen LogP contribution in [0.25, 0.3) is 20.9 Å². The fourth-order valence-corrected chi connectivity index (χ4v) is 3.76. The molecule has 7 heteroatoms. The quantitative estimate of drug-likeness (QED) is 0.594. The number of hydrogen-bond donors (Lipinski definition) is 1. The number of anilines is 1. The molecule has 0 radical (unpaired) electrons. The molecule has 118 valence electrons. The highest BCUT2D eigenvalue weighted by Crippen LogP contribution is 2.29. The normalized spacial score (nSPS) is 10.9. The van der Waals surface area contributed by atoms with Crippen LogP contribution < -0.4 is 5.32 Å². The molecule has 0 bridgehead atoms. The Balaban J connectivity index is 1.55.